The van der Waals surface area contributed by atoms with E-state index in [4.69, 9.17) is 9.47 Å². The van der Waals surface area contributed by atoms with Gasteiger partial charge in [0.2, 0.25) is 5.91 Å². The lowest BCUT2D eigenvalue weighted by Crippen LogP contribution is -2.48. The predicted octanol–water partition coefficient (Wildman–Crippen LogP) is 1.99. The fraction of sp³-hybridized carbons (Fsp3) is 0.579. The molecular formula is C19H22FN3O4S. The van der Waals surface area contributed by atoms with Gasteiger partial charge in [0.25, 0.3) is 0 Å². The number of halogens is 1. The molecule has 5 rings (SSSR count). The van der Waals surface area contributed by atoms with Crippen LogP contribution in [0.25, 0.3) is 0 Å². The van der Waals surface area contributed by atoms with Crippen molar-refractivity contribution in [1.29, 1.82) is 0 Å². The van der Waals surface area contributed by atoms with Gasteiger partial charge in [0, 0.05) is 42.6 Å². The van der Waals surface area contributed by atoms with Crippen molar-refractivity contribution in [2.24, 2.45) is 5.92 Å². The van der Waals surface area contributed by atoms with Crippen molar-refractivity contribution >= 4 is 35.1 Å². The van der Waals surface area contributed by atoms with E-state index in [-0.39, 0.29) is 36.8 Å². The largest absolute Gasteiger partial charge is 0.489 e. The summed E-state index contributed by atoms with van der Waals surface area (Å²) in [6.07, 6.45) is 0.797. The molecule has 150 valence electrons. The number of amides is 2. The summed E-state index contributed by atoms with van der Waals surface area (Å²) in [6, 6.07) is 2.67. The zero-order valence-electron chi connectivity index (χ0n) is 15.4. The van der Waals surface area contributed by atoms with Gasteiger partial charge in [0.05, 0.1) is 17.9 Å². The molecule has 2 amide bonds. The van der Waals surface area contributed by atoms with Crippen LogP contribution < -0.4 is 19.9 Å². The second-order valence-electron chi connectivity index (χ2n) is 7.56. The van der Waals surface area contributed by atoms with E-state index < -0.39 is 12.2 Å². The van der Waals surface area contributed by atoms with Gasteiger partial charge >= 0.3 is 6.09 Å². The van der Waals surface area contributed by atoms with E-state index in [9.17, 15) is 14.0 Å². The summed E-state index contributed by atoms with van der Waals surface area (Å²) >= 11 is 1.86. The Labute approximate surface area is 166 Å². The van der Waals surface area contributed by atoms with Crippen LogP contribution in [0, 0.1) is 11.7 Å². The average Bonchev–Trinajstić information content (AvgIpc) is 3.51. The molecule has 3 aliphatic heterocycles. The van der Waals surface area contributed by atoms with Crippen molar-refractivity contribution < 1.29 is 23.5 Å². The Morgan fingerprint density at radius 3 is 2.79 bits per heavy atom. The van der Waals surface area contributed by atoms with Crippen LogP contribution in [0.1, 0.15) is 12.8 Å². The zero-order valence-corrected chi connectivity index (χ0v) is 16.2. The fourth-order valence-electron chi connectivity index (χ4n) is 3.95. The van der Waals surface area contributed by atoms with E-state index in [1.165, 1.54) is 11.0 Å². The Kier molecular flexibility index (Phi) is 4.49. The highest BCUT2D eigenvalue weighted by molar-refractivity contribution is 7.99. The molecule has 0 unspecified atom stereocenters. The minimum Gasteiger partial charge on any atom is -0.489 e. The Bertz CT molecular complexity index is 813. The van der Waals surface area contributed by atoms with Gasteiger partial charge < -0.3 is 19.7 Å². The number of anilines is 2. The van der Waals surface area contributed by atoms with Crippen LogP contribution in [-0.4, -0.2) is 61.9 Å². The molecule has 1 N–H and O–H groups in total. The summed E-state index contributed by atoms with van der Waals surface area (Å²) in [5, 5.41) is 2.85. The normalized spacial score (nSPS) is 26.2. The molecule has 9 heteroatoms. The first-order chi connectivity index (χ1) is 13.6. The van der Waals surface area contributed by atoms with Gasteiger partial charge in [0.15, 0.2) is 0 Å². The van der Waals surface area contributed by atoms with Crippen LogP contribution in [0.3, 0.4) is 0 Å². The highest BCUT2D eigenvalue weighted by atomic mass is 32.2. The molecule has 2 atom stereocenters. The van der Waals surface area contributed by atoms with Gasteiger partial charge in [-0.05, 0) is 12.8 Å². The lowest BCUT2D eigenvalue weighted by molar-refractivity contribution is -0.122. The number of nitrogens with zero attached hydrogens (tertiary/aromatic N) is 2. The molecule has 1 saturated carbocycles. The molecule has 3 heterocycles. The molecule has 7 nitrogen and oxygen atoms in total. The number of fused-ring (bicyclic) bond motifs is 3. The van der Waals surface area contributed by atoms with Crippen molar-refractivity contribution in [3.63, 3.8) is 0 Å². The summed E-state index contributed by atoms with van der Waals surface area (Å²) in [4.78, 5) is 27.8. The molecule has 1 aliphatic carbocycles. The number of benzene rings is 1. The Hall–Kier alpha value is -2.16. The van der Waals surface area contributed by atoms with Crippen LogP contribution in [0.15, 0.2) is 12.1 Å². The first-order valence-corrected chi connectivity index (χ1v) is 10.8. The molecule has 3 fully saturated rings. The number of cyclic esters (lactones) is 1. The molecule has 0 spiro atoms. The van der Waals surface area contributed by atoms with E-state index >= 15 is 0 Å². The molecule has 0 radical (unpaired) electrons. The Morgan fingerprint density at radius 2 is 2.04 bits per heavy atom. The molecule has 2 saturated heterocycles. The number of hydrogen-bond donors (Lipinski definition) is 1. The van der Waals surface area contributed by atoms with E-state index in [1.54, 1.807) is 6.07 Å². The second kappa shape index (κ2) is 7.02. The van der Waals surface area contributed by atoms with E-state index in [0.717, 1.165) is 37.4 Å². The van der Waals surface area contributed by atoms with Crippen LogP contribution in [0.5, 0.6) is 5.75 Å². The lowest BCUT2D eigenvalue weighted by atomic mass is 10.1. The number of rotatable bonds is 4. The maximum absolute atomic E-state index is 14.9. The quantitative estimate of drug-likeness (QED) is 0.823. The topological polar surface area (TPSA) is 71.1 Å². The molecule has 0 bridgehead atoms. The molecule has 28 heavy (non-hydrogen) atoms. The third-order valence-corrected chi connectivity index (χ3v) is 6.63. The third-order valence-electron chi connectivity index (χ3n) is 5.68. The van der Waals surface area contributed by atoms with Gasteiger partial charge in [-0.15, -0.1) is 0 Å². The molecule has 0 aromatic heterocycles. The Balaban J connectivity index is 1.35. The number of thioether (sulfide) groups is 1. The minimum absolute atomic E-state index is 0.00186. The van der Waals surface area contributed by atoms with Crippen LogP contribution in [-0.2, 0) is 9.53 Å². The molecule has 1 aromatic rings. The van der Waals surface area contributed by atoms with E-state index in [2.05, 4.69) is 5.32 Å². The predicted molar refractivity (Wildman–Crippen MR) is 104 cm³/mol. The standard InChI is InChI=1S/C19H22FN3O4S/c20-12-7-14-16(8-13(12)22-3-5-28-6-4-22)26-10-15-17(27-19(25)23(14)15)9-21-18(24)11-1-2-11/h7-8,11,15,17H,1-6,9-10H2,(H,21,24)/t15-,17-/m0/s1. The molecular weight excluding hydrogens is 385 g/mol. The summed E-state index contributed by atoms with van der Waals surface area (Å²) in [5.74, 6) is 2.15. The van der Waals surface area contributed by atoms with E-state index in [1.807, 2.05) is 16.7 Å². The number of nitrogens with one attached hydrogen (secondary N) is 1. The first kappa shape index (κ1) is 17.9. The van der Waals surface area contributed by atoms with Crippen molar-refractivity contribution in [2.75, 3.05) is 47.5 Å². The van der Waals surface area contributed by atoms with Gasteiger partial charge in [-0.3, -0.25) is 9.69 Å². The van der Waals surface area contributed by atoms with Crippen molar-refractivity contribution in [1.82, 2.24) is 5.32 Å². The van der Waals surface area contributed by atoms with Crippen molar-refractivity contribution in [3.8, 4) is 5.75 Å². The van der Waals surface area contributed by atoms with Gasteiger partial charge in [-0.1, -0.05) is 0 Å². The van der Waals surface area contributed by atoms with Crippen molar-refractivity contribution in [3.05, 3.63) is 17.9 Å². The van der Waals surface area contributed by atoms with Gasteiger partial charge in [0.1, 0.15) is 30.3 Å². The van der Waals surface area contributed by atoms with Crippen LogP contribution in [0.2, 0.25) is 0 Å². The molecule has 4 aliphatic rings. The highest BCUT2D eigenvalue weighted by Crippen LogP contribution is 2.42. The summed E-state index contributed by atoms with van der Waals surface area (Å²) in [5.41, 5.74) is 0.906. The maximum Gasteiger partial charge on any atom is 0.415 e. The van der Waals surface area contributed by atoms with Crippen molar-refractivity contribution in [2.45, 2.75) is 25.0 Å². The molecule has 1 aromatic carbocycles. The van der Waals surface area contributed by atoms with E-state index in [0.29, 0.717) is 17.1 Å². The zero-order chi connectivity index (χ0) is 19.3. The summed E-state index contributed by atoms with van der Waals surface area (Å²) in [7, 11) is 0. The van der Waals surface area contributed by atoms with Gasteiger partial charge in [-0.25, -0.2) is 9.18 Å². The Morgan fingerprint density at radius 1 is 1.25 bits per heavy atom. The first-order valence-electron chi connectivity index (χ1n) is 9.68. The SMILES string of the molecule is O=C(NC[C@@H]1OC(=O)N2c3cc(F)c(N4CCSCC4)cc3OC[C@@H]12)C1CC1. The van der Waals surface area contributed by atoms with Crippen LogP contribution >= 0.6 is 11.8 Å². The third kappa shape index (κ3) is 3.15. The van der Waals surface area contributed by atoms with Crippen LogP contribution in [0.4, 0.5) is 20.6 Å². The fourth-order valence-corrected chi connectivity index (χ4v) is 4.85. The number of hydrogen-bond acceptors (Lipinski definition) is 6. The lowest BCUT2D eigenvalue weighted by Gasteiger charge is -2.34. The average molecular weight is 407 g/mol. The maximum atomic E-state index is 14.9. The smallest absolute Gasteiger partial charge is 0.415 e. The monoisotopic (exact) mass is 407 g/mol. The highest BCUT2D eigenvalue weighted by Gasteiger charge is 2.47. The summed E-state index contributed by atoms with van der Waals surface area (Å²) in [6.45, 7) is 2.08. The number of ether oxygens (including phenoxy) is 2. The number of carbonyl (C=O) groups excluding carboxylic acids is 2. The number of carbonyl (C=O) groups is 2. The minimum atomic E-state index is -0.526. The summed E-state index contributed by atoms with van der Waals surface area (Å²) < 4.78 is 26.2. The van der Waals surface area contributed by atoms with Gasteiger partial charge in [-0.2, -0.15) is 11.8 Å². The second-order valence-corrected chi connectivity index (χ2v) is 8.79.